The van der Waals surface area contributed by atoms with Crippen LogP contribution in [0.3, 0.4) is 0 Å². The van der Waals surface area contributed by atoms with Crippen LogP contribution in [0.2, 0.25) is 0 Å². The zero-order chi connectivity index (χ0) is 20.1. The van der Waals surface area contributed by atoms with Crippen LogP contribution in [0.1, 0.15) is 21.5 Å². The van der Waals surface area contributed by atoms with E-state index in [2.05, 4.69) is 34.5 Å². The molecule has 2 aliphatic rings. The average Bonchev–Trinajstić information content (AvgIpc) is 2.76. The third-order valence-corrected chi connectivity index (χ3v) is 5.50. The van der Waals surface area contributed by atoms with Gasteiger partial charge >= 0.3 is 0 Å². The number of carbonyl (C=O) groups excluding carboxylic acids is 1. The number of carbonyl (C=O) groups is 1. The fourth-order valence-electron chi connectivity index (χ4n) is 3.82. The number of fused-ring (bicyclic) bond motifs is 3. The van der Waals surface area contributed by atoms with Gasteiger partial charge in [-0.15, -0.1) is 0 Å². The van der Waals surface area contributed by atoms with E-state index in [0.29, 0.717) is 13.2 Å². The maximum atomic E-state index is 12.7. The van der Waals surface area contributed by atoms with E-state index in [1.807, 2.05) is 25.2 Å². The molecule has 0 aliphatic carbocycles. The summed E-state index contributed by atoms with van der Waals surface area (Å²) < 4.78 is 11.6. The monoisotopic (exact) mass is 395 g/mol. The van der Waals surface area contributed by atoms with Crippen molar-refractivity contribution in [3.05, 3.63) is 59.2 Å². The Morgan fingerprint density at radius 1 is 0.966 bits per heavy atom. The Labute approximate surface area is 172 Å². The Balaban J connectivity index is 1.65. The molecular weight excluding hydrogens is 366 g/mol. The van der Waals surface area contributed by atoms with E-state index >= 15 is 0 Å². The predicted molar refractivity (Wildman–Crippen MR) is 114 cm³/mol. The molecule has 2 bridgehead atoms. The first-order valence-electron chi connectivity index (χ1n) is 10.3. The third kappa shape index (κ3) is 4.89. The van der Waals surface area contributed by atoms with Gasteiger partial charge in [0.15, 0.2) is 0 Å². The summed E-state index contributed by atoms with van der Waals surface area (Å²) in [6.07, 6.45) is 0.728. The van der Waals surface area contributed by atoms with Gasteiger partial charge in [-0.3, -0.25) is 4.79 Å². The van der Waals surface area contributed by atoms with E-state index in [1.165, 1.54) is 5.69 Å². The van der Waals surface area contributed by atoms with Gasteiger partial charge in [-0.1, -0.05) is 12.1 Å². The zero-order valence-corrected chi connectivity index (χ0v) is 17.0. The van der Waals surface area contributed by atoms with Crippen molar-refractivity contribution in [1.82, 2.24) is 10.2 Å². The Hall–Kier alpha value is -2.57. The molecule has 0 unspecified atom stereocenters. The van der Waals surface area contributed by atoms with Crippen molar-refractivity contribution in [2.75, 3.05) is 64.5 Å². The molecule has 29 heavy (non-hydrogen) atoms. The predicted octanol–water partition coefficient (Wildman–Crippen LogP) is 2.17. The van der Waals surface area contributed by atoms with Crippen LogP contribution >= 0.6 is 0 Å². The van der Waals surface area contributed by atoms with Gasteiger partial charge in [0.2, 0.25) is 0 Å². The number of nitrogens with one attached hydrogen (secondary N) is 1. The first kappa shape index (κ1) is 19.7. The summed E-state index contributed by atoms with van der Waals surface area (Å²) in [7, 11) is 1.85. The molecule has 2 aromatic carbocycles. The number of benzene rings is 2. The molecule has 1 amide bonds. The first-order chi connectivity index (χ1) is 14.2. The summed E-state index contributed by atoms with van der Waals surface area (Å²) in [4.78, 5) is 16.9. The number of hydrogen-bond acceptors (Lipinski definition) is 5. The van der Waals surface area contributed by atoms with Gasteiger partial charge in [-0.2, -0.15) is 0 Å². The van der Waals surface area contributed by atoms with Crippen LogP contribution in [0.4, 0.5) is 5.69 Å². The smallest absolute Gasteiger partial charge is 0.253 e. The van der Waals surface area contributed by atoms with Crippen LogP contribution in [0.15, 0.2) is 42.5 Å². The molecule has 1 saturated heterocycles. The molecule has 2 aromatic rings. The molecule has 0 saturated carbocycles. The lowest BCUT2D eigenvalue weighted by atomic mass is 10.0. The summed E-state index contributed by atoms with van der Waals surface area (Å²) in [6, 6.07) is 14.4. The average molecular weight is 396 g/mol. The number of rotatable bonds is 1. The topological polar surface area (TPSA) is 54.0 Å². The Morgan fingerprint density at radius 2 is 1.83 bits per heavy atom. The van der Waals surface area contributed by atoms with Crippen LogP contribution in [0, 0.1) is 0 Å². The molecule has 0 radical (unpaired) electrons. The highest BCUT2D eigenvalue weighted by Gasteiger charge is 2.16. The maximum Gasteiger partial charge on any atom is 0.253 e. The van der Waals surface area contributed by atoms with Gasteiger partial charge in [-0.05, 0) is 35.9 Å². The second kappa shape index (κ2) is 9.29. The molecule has 1 fully saturated rings. The van der Waals surface area contributed by atoms with E-state index in [-0.39, 0.29) is 5.91 Å². The second-order valence-corrected chi connectivity index (χ2v) is 7.59. The molecule has 2 aliphatic heterocycles. The minimum atomic E-state index is 0.0595. The molecule has 1 N–H and O–H groups in total. The lowest BCUT2D eigenvalue weighted by Gasteiger charge is -2.29. The van der Waals surface area contributed by atoms with Crippen LogP contribution in [-0.2, 0) is 11.2 Å². The van der Waals surface area contributed by atoms with Gasteiger partial charge in [0.1, 0.15) is 12.4 Å². The normalized spacial score (nSPS) is 18.6. The van der Waals surface area contributed by atoms with Gasteiger partial charge in [-0.25, -0.2) is 0 Å². The second-order valence-electron chi connectivity index (χ2n) is 7.59. The summed E-state index contributed by atoms with van der Waals surface area (Å²) in [5.74, 6) is 0.971. The van der Waals surface area contributed by atoms with Crippen LogP contribution in [0.5, 0.6) is 5.75 Å². The van der Waals surface area contributed by atoms with Crippen LogP contribution < -0.4 is 15.0 Å². The fourth-order valence-corrected chi connectivity index (χ4v) is 3.82. The van der Waals surface area contributed by atoms with Crippen molar-refractivity contribution in [3.63, 3.8) is 0 Å². The van der Waals surface area contributed by atoms with E-state index in [1.54, 1.807) is 4.90 Å². The van der Waals surface area contributed by atoms with Gasteiger partial charge in [0.05, 0.1) is 13.2 Å². The van der Waals surface area contributed by atoms with Crippen molar-refractivity contribution in [3.8, 4) is 5.75 Å². The third-order valence-electron chi connectivity index (χ3n) is 5.50. The molecule has 6 heteroatoms. The van der Waals surface area contributed by atoms with Crippen molar-refractivity contribution < 1.29 is 14.3 Å². The summed E-state index contributed by atoms with van der Waals surface area (Å²) in [6.45, 7) is 6.09. The molecule has 4 rings (SSSR count). The summed E-state index contributed by atoms with van der Waals surface area (Å²) in [5, 5.41) is 3.35. The van der Waals surface area contributed by atoms with E-state index < -0.39 is 0 Å². The largest absolute Gasteiger partial charge is 0.492 e. The molecule has 2 heterocycles. The zero-order valence-electron chi connectivity index (χ0n) is 17.0. The van der Waals surface area contributed by atoms with Crippen molar-refractivity contribution in [1.29, 1.82) is 0 Å². The van der Waals surface area contributed by atoms with Crippen molar-refractivity contribution in [2.24, 2.45) is 0 Å². The van der Waals surface area contributed by atoms with Gasteiger partial charge < -0.3 is 24.6 Å². The van der Waals surface area contributed by atoms with E-state index in [9.17, 15) is 4.79 Å². The van der Waals surface area contributed by atoms with Crippen molar-refractivity contribution in [2.45, 2.75) is 6.42 Å². The molecular formula is C23H29N3O3. The summed E-state index contributed by atoms with van der Waals surface area (Å²) >= 11 is 0. The number of likely N-dealkylation sites (N-methyl/N-ethyl adjacent to an activating group) is 1. The van der Waals surface area contributed by atoms with E-state index in [4.69, 9.17) is 9.47 Å². The first-order valence-corrected chi connectivity index (χ1v) is 10.3. The number of morpholine rings is 1. The minimum Gasteiger partial charge on any atom is -0.492 e. The number of hydrogen-bond donors (Lipinski definition) is 1. The van der Waals surface area contributed by atoms with Crippen LogP contribution in [0.25, 0.3) is 0 Å². The SMILES string of the molecule is CN1CCNCCOc2ccc(N3CCOCC3)cc2Cc2cccc(c2)C1=O. The Kier molecular flexibility index (Phi) is 6.32. The molecule has 0 atom stereocenters. The fraction of sp³-hybridized carbons (Fsp3) is 0.435. The lowest BCUT2D eigenvalue weighted by molar-refractivity contribution is 0.0795. The molecule has 154 valence electrons. The van der Waals surface area contributed by atoms with Gasteiger partial charge in [0.25, 0.3) is 5.91 Å². The number of nitrogens with zero attached hydrogens (tertiary/aromatic N) is 2. The standard InChI is InChI=1S/C23H29N3O3/c1-25-9-7-24-8-12-29-22-6-5-21(26-10-13-28-14-11-26)17-20(22)16-18-3-2-4-19(15-18)23(25)27/h2-6,15,17,24H,7-14,16H2,1H3. The minimum absolute atomic E-state index is 0.0595. The lowest BCUT2D eigenvalue weighted by Crippen LogP contribution is -2.36. The van der Waals surface area contributed by atoms with Gasteiger partial charge in [0, 0.05) is 63.0 Å². The quantitative estimate of drug-likeness (QED) is 0.802. The molecule has 0 spiro atoms. The highest BCUT2D eigenvalue weighted by Crippen LogP contribution is 2.28. The maximum absolute atomic E-state index is 12.7. The Morgan fingerprint density at radius 3 is 2.69 bits per heavy atom. The summed E-state index contributed by atoms with van der Waals surface area (Å²) in [5.41, 5.74) is 4.18. The highest BCUT2D eigenvalue weighted by molar-refractivity contribution is 5.94. The Bertz CT molecular complexity index is 849. The molecule has 0 aromatic heterocycles. The number of amides is 1. The number of ether oxygens (including phenoxy) is 2. The number of anilines is 1. The van der Waals surface area contributed by atoms with Crippen LogP contribution in [-0.4, -0.2) is 70.4 Å². The molecule has 6 nitrogen and oxygen atoms in total. The van der Waals surface area contributed by atoms with Crippen molar-refractivity contribution >= 4 is 11.6 Å². The van der Waals surface area contributed by atoms with E-state index in [0.717, 1.165) is 68.3 Å². The highest BCUT2D eigenvalue weighted by atomic mass is 16.5.